The van der Waals surface area contributed by atoms with E-state index in [0.29, 0.717) is 0 Å². The highest BCUT2D eigenvalue weighted by atomic mass is 15.3. The van der Waals surface area contributed by atoms with Crippen molar-refractivity contribution in [1.82, 2.24) is 19.5 Å². The van der Waals surface area contributed by atoms with Gasteiger partial charge in [0.2, 0.25) is 5.95 Å². The van der Waals surface area contributed by atoms with Crippen LogP contribution in [0.3, 0.4) is 0 Å². The fourth-order valence-corrected chi connectivity index (χ4v) is 3.59. The third-order valence-corrected chi connectivity index (χ3v) is 5.06. The van der Waals surface area contributed by atoms with Gasteiger partial charge in [0, 0.05) is 37.0 Å². The van der Waals surface area contributed by atoms with Crippen LogP contribution < -0.4 is 4.90 Å². The van der Waals surface area contributed by atoms with Crippen LogP contribution in [0.4, 0.5) is 5.95 Å². The molecule has 0 saturated carbocycles. The van der Waals surface area contributed by atoms with Gasteiger partial charge in [0.25, 0.3) is 0 Å². The summed E-state index contributed by atoms with van der Waals surface area (Å²) >= 11 is 0. The summed E-state index contributed by atoms with van der Waals surface area (Å²) in [7, 11) is 2.04. The minimum atomic E-state index is 0.914. The molecule has 3 heterocycles. The molecule has 0 amide bonds. The SMILES string of the molecule is Cn1cnc2ccc(-c3nc(N4CCC4)nc4c3CCC4)cc21. The zero-order valence-electron chi connectivity index (χ0n) is 13.3. The highest BCUT2D eigenvalue weighted by Gasteiger charge is 2.24. The van der Waals surface area contributed by atoms with Crippen LogP contribution in [0, 0.1) is 0 Å². The van der Waals surface area contributed by atoms with Crippen LogP contribution in [0.1, 0.15) is 24.1 Å². The lowest BCUT2D eigenvalue weighted by atomic mass is 10.0. The molecule has 116 valence electrons. The average molecular weight is 305 g/mol. The van der Waals surface area contributed by atoms with Crippen molar-refractivity contribution < 1.29 is 0 Å². The van der Waals surface area contributed by atoms with Crippen molar-refractivity contribution in [2.45, 2.75) is 25.7 Å². The lowest BCUT2D eigenvalue weighted by Gasteiger charge is -2.31. The van der Waals surface area contributed by atoms with Gasteiger partial charge in [0.1, 0.15) is 0 Å². The molecule has 3 aromatic rings. The van der Waals surface area contributed by atoms with Crippen LogP contribution >= 0.6 is 0 Å². The molecule has 2 aliphatic rings. The van der Waals surface area contributed by atoms with Gasteiger partial charge in [-0.1, -0.05) is 6.07 Å². The monoisotopic (exact) mass is 305 g/mol. The number of benzene rings is 1. The van der Waals surface area contributed by atoms with Crippen LogP contribution in [0.2, 0.25) is 0 Å². The molecular weight excluding hydrogens is 286 g/mol. The second-order valence-corrected chi connectivity index (χ2v) is 6.55. The molecule has 23 heavy (non-hydrogen) atoms. The summed E-state index contributed by atoms with van der Waals surface area (Å²) in [6.07, 6.45) is 6.48. The minimum Gasteiger partial charge on any atom is -0.341 e. The molecule has 0 spiro atoms. The van der Waals surface area contributed by atoms with Crippen LogP contribution in [-0.4, -0.2) is 32.6 Å². The average Bonchev–Trinajstić information content (AvgIpc) is 3.11. The molecule has 1 saturated heterocycles. The van der Waals surface area contributed by atoms with Gasteiger partial charge in [0.15, 0.2) is 0 Å². The van der Waals surface area contributed by atoms with E-state index in [1.807, 2.05) is 13.4 Å². The van der Waals surface area contributed by atoms with Crippen LogP contribution in [0.25, 0.3) is 22.3 Å². The highest BCUT2D eigenvalue weighted by Crippen LogP contribution is 2.33. The number of anilines is 1. The molecule has 1 aliphatic heterocycles. The lowest BCUT2D eigenvalue weighted by Crippen LogP contribution is -2.38. The normalized spacial score (nSPS) is 16.7. The van der Waals surface area contributed by atoms with E-state index in [0.717, 1.165) is 48.6 Å². The first kappa shape index (κ1) is 13.0. The summed E-state index contributed by atoms with van der Waals surface area (Å²) in [6.45, 7) is 2.16. The van der Waals surface area contributed by atoms with Gasteiger partial charge in [-0.2, -0.15) is 0 Å². The standard InChI is InChI=1S/C18H19N5/c1-22-11-19-15-7-6-12(10-16(15)22)17-13-4-2-5-14(13)20-18(21-17)23-8-3-9-23/h6-7,10-11H,2-5,8-9H2,1H3. The van der Waals surface area contributed by atoms with Gasteiger partial charge in [-0.25, -0.2) is 15.0 Å². The Morgan fingerprint density at radius 1 is 1.04 bits per heavy atom. The maximum absolute atomic E-state index is 4.94. The number of aryl methyl sites for hydroxylation is 2. The van der Waals surface area contributed by atoms with E-state index in [1.54, 1.807) is 0 Å². The summed E-state index contributed by atoms with van der Waals surface area (Å²) < 4.78 is 2.07. The molecule has 0 radical (unpaired) electrons. The van der Waals surface area contributed by atoms with E-state index in [4.69, 9.17) is 9.97 Å². The Morgan fingerprint density at radius 3 is 2.78 bits per heavy atom. The summed E-state index contributed by atoms with van der Waals surface area (Å²) in [5.41, 5.74) is 7.09. The topological polar surface area (TPSA) is 46.8 Å². The molecule has 5 nitrogen and oxygen atoms in total. The number of hydrogen-bond acceptors (Lipinski definition) is 4. The Balaban J connectivity index is 1.70. The third-order valence-electron chi connectivity index (χ3n) is 5.06. The molecular formula is C18H19N5. The first-order valence-corrected chi connectivity index (χ1v) is 8.36. The van der Waals surface area contributed by atoms with Gasteiger partial charge < -0.3 is 9.47 Å². The highest BCUT2D eigenvalue weighted by molar-refractivity contribution is 5.82. The molecule has 0 unspecified atom stereocenters. The molecule has 0 atom stereocenters. The van der Waals surface area contributed by atoms with Crippen molar-refractivity contribution in [3.05, 3.63) is 35.8 Å². The summed E-state index contributed by atoms with van der Waals surface area (Å²) in [4.78, 5) is 16.5. The largest absolute Gasteiger partial charge is 0.341 e. The van der Waals surface area contributed by atoms with E-state index < -0.39 is 0 Å². The molecule has 1 aromatic carbocycles. The summed E-state index contributed by atoms with van der Waals surface area (Å²) in [6, 6.07) is 6.46. The van der Waals surface area contributed by atoms with Crippen molar-refractivity contribution in [2.75, 3.05) is 18.0 Å². The Morgan fingerprint density at radius 2 is 1.96 bits per heavy atom. The Hall–Kier alpha value is -2.43. The zero-order valence-corrected chi connectivity index (χ0v) is 13.3. The molecule has 5 heteroatoms. The number of fused-ring (bicyclic) bond motifs is 2. The smallest absolute Gasteiger partial charge is 0.226 e. The quantitative estimate of drug-likeness (QED) is 0.730. The second-order valence-electron chi connectivity index (χ2n) is 6.55. The van der Waals surface area contributed by atoms with E-state index in [1.165, 1.54) is 29.7 Å². The predicted octanol–water partition coefficient (Wildman–Crippen LogP) is 2.73. The molecule has 1 aliphatic carbocycles. The van der Waals surface area contributed by atoms with Gasteiger partial charge in [0.05, 0.1) is 23.1 Å². The Bertz CT molecular complexity index is 907. The molecule has 2 aromatic heterocycles. The number of aromatic nitrogens is 4. The number of hydrogen-bond donors (Lipinski definition) is 0. The fraction of sp³-hybridized carbons (Fsp3) is 0.389. The van der Waals surface area contributed by atoms with Crippen LogP contribution in [0.15, 0.2) is 24.5 Å². The predicted molar refractivity (Wildman–Crippen MR) is 90.6 cm³/mol. The Kier molecular flexibility index (Phi) is 2.71. The van der Waals surface area contributed by atoms with Gasteiger partial charge >= 0.3 is 0 Å². The van der Waals surface area contributed by atoms with Crippen LogP contribution in [-0.2, 0) is 19.9 Å². The van der Waals surface area contributed by atoms with E-state index in [-0.39, 0.29) is 0 Å². The molecule has 1 fully saturated rings. The fourth-order valence-electron chi connectivity index (χ4n) is 3.59. The van der Waals surface area contributed by atoms with Gasteiger partial charge in [-0.05, 0) is 37.8 Å². The van der Waals surface area contributed by atoms with Crippen molar-refractivity contribution in [3.63, 3.8) is 0 Å². The van der Waals surface area contributed by atoms with Crippen molar-refractivity contribution in [2.24, 2.45) is 7.05 Å². The number of rotatable bonds is 2. The zero-order chi connectivity index (χ0) is 15.4. The van der Waals surface area contributed by atoms with E-state index in [2.05, 4.69) is 32.7 Å². The number of imidazole rings is 1. The van der Waals surface area contributed by atoms with Crippen molar-refractivity contribution >= 4 is 17.0 Å². The third kappa shape index (κ3) is 1.96. The molecule has 0 N–H and O–H groups in total. The van der Waals surface area contributed by atoms with Crippen molar-refractivity contribution in [1.29, 1.82) is 0 Å². The number of nitrogens with zero attached hydrogens (tertiary/aromatic N) is 5. The maximum Gasteiger partial charge on any atom is 0.226 e. The van der Waals surface area contributed by atoms with Gasteiger partial charge in [-0.3, -0.25) is 0 Å². The summed E-state index contributed by atoms with van der Waals surface area (Å²) in [5.74, 6) is 0.914. The van der Waals surface area contributed by atoms with Crippen molar-refractivity contribution in [3.8, 4) is 11.3 Å². The first-order chi connectivity index (χ1) is 11.3. The van der Waals surface area contributed by atoms with Crippen LogP contribution in [0.5, 0.6) is 0 Å². The Labute approximate surface area is 135 Å². The van der Waals surface area contributed by atoms with E-state index in [9.17, 15) is 0 Å². The second kappa shape index (κ2) is 4.78. The van der Waals surface area contributed by atoms with Gasteiger partial charge in [-0.15, -0.1) is 0 Å². The first-order valence-electron chi connectivity index (χ1n) is 8.36. The summed E-state index contributed by atoms with van der Waals surface area (Å²) in [5, 5.41) is 0. The molecule has 0 bridgehead atoms. The van der Waals surface area contributed by atoms with E-state index >= 15 is 0 Å². The maximum atomic E-state index is 4.94. The lowest BCUT2D eigenvalue weighted by molar-refractivity contribution is 0.599. The molecule has 5 rings (SSSR count). The minimum absolute atomic E-state index is 0.914.